The topological polar surface area (TPSA) is 95.6 Å². The minimum Gasteiger partial charge on any atom is -0.310 e. The molecule has 7 nitrogen and oxygen atoms in total. The fourth-order valence-electron chi connectivity index (χ4n) is 13.5. The number of hydrogen-bond donors (Lipinski definition) is 2. The molecule has 1 aliphatic heterocycles. The Labute approximate surface area is 293 Å². The second-order valence-corrected chi connectivity index (χ2v) is 21.5. The van der Waals surface area contributed by atoms with E-state index in [9.17, 15) is 17.4 Å². The fraction of sp³-hybridized carbons (Fsp3) is 0.872. The largest absolute Gasteiger partial charge is 0.310 e. The van der Waals surface area contributed by atoms with Crippen LogP contribution in [0.5, 0.6) is 0 Å². The zero-order valence-corrected chi connectivity index (χ0v) is 32.1. The van der Waals surface area contributed by atoms with E-state index in [1.807, 2.05) is 0 Å². The predicted molar refractivity (Wildman–Crippen MR) is 195 cm³/mol. The van der Waals surface area contributed by atoms with Gasteiger partial charge in [0.2, 0.25) is 15.9 Å². The van der Waals surface area contributed by atoms with Crippen molar-refractivity contribution < 1.29 is 17.4 Å². The molecule has 0 spiro atoms. The summed E-state index contributed by atoms with van der Waals surface area (Å²) < 4.78 is 37.3. The highest BCUT2D eigenvalue weighted by molar-refractivity contribution is 7.89. The van der Waals surface area contributed by atoms with Crippen LogP contribution in [0.2, 0.25) is 0 Å². The normalized spacial score (nSPS) is 45.2. The summed E-state index contributed by atoms with van der Waals surface area (Å²) in [5.41, 5.74) is 4.32. The predicted octanol–water partition coefficient (Wildman–Crippen LogP) is 6.20. The Morgan fingerprint density at radius 3 is 2.42 bits per heavy atom. The van der Waals surface area contributed by atoms with Gasteiger partial charge in [-0.1, -0.05) is 46.3 Å². The lowest BCUT2D eigenvalue weighted by molar-refractivity contribution is -0.212. The molecule has 5 fully saturated rings. The Bertz CT molecular complexity index is 1470. The molecular weight excluding hydrogens is 639 g/mol. The zero-order chi connectivity index (χ0) is 34.1. The van der Waals surface area contributed by atoms with Gasteiger partial charge in [0.05, 0.1) is 6.26 Å². The number of fused-ring (bicyclic) bond motifs is 7. The Hall–Kier alpha value is -1.03. The first-order valence-corrected chi connectivity index (χ1v) is 22.8. The third-order valence-corrected chi connectivity index (χ3v) is 18.0. The van der Waals surface area contributed by atoms with Gasteiger partial charge in [-0.05, 0) is 134 Å². The second kappa shape index (κ2) is 12.9. The van der Waals surface area contributed by atoms with Gasteiger partial charge in [-0.25, -0.2) is 8.42 Å². The van der Waals surface area contributed by atoms with Crippen LogP contribution in [0.3, 0.4) is 0 Å². The summed E-state index contributed by atoms with van der Waals surface area (Å²) >= 11 is 0. The lowest BCUT2D eigenvalue weighted by atomic mass is 9.34. The smallest absolute Gasteiger partial charge is 0.236 e. The van der Waals surface area contributed by atoms with E-state index in [1.165, 1.54) is 68.9 Å². The van der Waals surface area contributed by atoms with E-state index in [0.29, 0.717) is 40.0 Å². The number of rotatable bonds is 7. The highest BCUT2D eigenvalue weighted by Crippen LogP contribution is 2.75. The Kier molecular flexibility index (Phi) is 9.49. The summed E-state index contributed by atoms with van der Waals surface area (Å²) in [6.07, 6.45) is 21.5. The molecule has 0 radical (unpaired) electrons. The number of hydrogen-bond acceptors (Lipinski definition) is 6. The number of nitrogens with one attached hydrogen (secondary N) is 2. The van der Waals surface area contributed by atoms with E-state index in [4.69, 9.17) is 0 Å². The van der Waals surface area contributed by atoms with E-state index < -0.39 is 20.8 Å². The number of carbonyl (C=O) groups excluding carboxylic acids is 1. The van der Waals surface area contributed by atoms with Crippen molar-refractivity contribution in [1.29, 1.82) is 0 Å². The third kappa shape index (κ3) is 5.94. The molecule has 1 saturated heterocycles. The summed E-state index contributed by atoms with van der Waals surface area (Å²) in [7, 11) is -4.13. The third-order valence-electron chi connectivity index (χ3n) is 16.2. The number of nitrogens with zero attached hydrogens (tertiary/aromatic N) is 1. The van der Waals surface area contributed by atoms with Crippen LogP contribution in [-0.2, 0) is 25.6 Å². The van der Waals surface area contributed by atoms with Gasteiger partial charge < -0.3 is 10.2 Å². The molecule has 7 rings (SSSR count). The monoisotopic (exact) mass is 701 g/mol. The van der Waals surface area contributed by atoms with Crippen LogP contribution < -0.4 is 10.0 Å². The van der Waals surface area contributed by atoms with Crippen LogP contribution in [0.15, 0.2) is 23.3 Å². The molecule has 9 heteroatoms. The first kappa shape index (κ1) is 35.4. The molecule has 4 saturated carbocycles. The standard InChI is InChI=1S/C39H63N3O4S2/c1-27-30(28-8-10-29(11-9-28)35(43)41-48(5,45)46)14-17-36(2)31(27)15-18-38(4)34(36)13-12-32-33-7-6-16-39(33,20-19-37(32,38)3)40-21-22-42-23-25-47(44)26-24-42/h8,14,27,29,31-34,40H,6-7,9-13,15-26H2,1-5H3,(H,41,43)/t27?,29?,31?,32?,33-,34?,36?,37-,38?,39?/m1/s1. The number of carbonyl (C=O) groups is 1. The summed E-state index contributed by atoms with van der Waals surface area (Å²) in [4.78, 5) is 15.1. The molecule has 270 valence electrons. The van der Waals surface area contributed by atoms with Gasteiger partial charge in [0.1, 0.15) is 0 Å². The Morgan fingerprint density at radius 2 is 1.71 bits per heavy atom. The van der Waals surface area contributed by atoms with Crippen LogP contribution in [0.1, 0.15) is 111 Å². The first-order chi connectivity index (χ1) is 22.7. The van der Waals surface area contributed by atoms with Crippen LogP contribution in [-0.4, -0.2) is 72.9 Å². The maximum atomic E-state index is 12.5. The zero-order valence-electron chi connectivity index (χ0n) is 30.5. The van der Waals surface area contributed by atoms with E-state index in [2.05, 4.69) is 54.8 Å². The molecule has 0 aromatic rings. The Balaban J connectivity index is 1.05. The molecule has 1 amide bonds. The van der Waals surface area contributed by atoms with Gasteiger partial charge in [0.25, 0.3) is 0 Å². The fourth-order valence-corrected chi connectivity index (χ4v) is 15.2. The maximum Gasteiger partial charge on any atom is 0.236 e. The molecule has 0 aromatic heterocycles. The molecule has 1 heterocycles. The molecule has 2 N–H and O–H groups in total. The van der Waals surface area contributed by atoms with Crippen molar-refractivity contribution in [2.75, 3.05) is 43.9 Å². The maximum absolute atomic E-state index is 12.5. The second-order valence-electron chi connectivity index (χ2n) is 18.1. The van der Waals surface area contributed by atoms with Gasteiger partial charge >= 0.3 is 0 Å². The molecule has 10 atom stereocenters. The number of amides is 1. The highest BCUT2D eigenvalue weighted by Gasteiger charge is 2.68. The first-order valence-electron chi connectivity index (χ1n) is 19.4. The minimum atomic E-state index is -3.52. The van der Waals surface area contributed by atoms with Crippen molar-refractivity contribution in [3.8, 4) is 0 Å². The van der Waals surface area contributed by atoms with Crippen LogP contribution in [0, 0.1) is 51.8 Å². The van der Waals surface area contributed by atoms with E-state index in [-0.39, 0.29) is 11.8 Å². The highest BCUT2D eigenvalue weighted by atomic mass is 32.2. The van der Waals surface area contributed by atoms with Crippen LogP contribution >= 0.6 is 0 Å². The van der Waals surface area contributed by atoms with Gasteiger partial charge in [-0.2, -0.15) is 0 Å². The van der Waals surface area contributed by atoms with E-state index in [0.717, 1.165) is 81.0 Å². The van der Waals surface area contributed by atoms with Crippen molar-refractivity contribution in [3.05, 3.63) is 23.3 Å². The lowest BCUT2D eigenvalue weighted by Crippen LogP contribution is -2.67. The summed E-state index contributed by atoms with van der Waals surface area (Å²) in [6.45, 7) is 14.8. The molecular formula is C39H63N3O4S2. The van der Waals surface area contributed by atoms with Crippen molar-refractivity contribution in [2.24, 2.45) is 51.8 Å². The Morgan fingerprint density at radius 1 is 0.938 bits per heavy atom. The molecule has 0 bridgehead atoms. The molecule has 48 heavy (non-hydrogen) atoms. The van der Waals surface area contributed by atoms with Gasteiger partial charge in [-0.15, -0.1) is 0 Å². The van der Waals surface area contributed by atoms with Gasteiger partial charge in [-0.3, -0.25) is 13.7 Å². The van der Waals surface area contributed by atoms with Gasteiger partial charge in [0.15, 0.2) is 0 Å². The lowest BCUT2D eigenvalue weighted by Gasteiger charge is -2.71. The van der Waals surface area contributed by atoms with Crippen LogP contribution in [0.4, 0.5) is 0 Å². The van der Waals surface area contributed by atoms with Crippen molar-refractivity contribution in [2.45, 2.75) is 117 Å². The number of allylic oxidation sites excluding steroid dienone is 4. The molecule has 7 aliphatic rings. The summed E-state index contributed by atoms with van der Waals surface area (Å²) in [5.74, 6) is 4.64. The van der Waals surface area contributed by atoms with Crippen molar-refractivity contribution >= 4 is 26.7 Å². The summed E-state index contributed by atoms with van der Waals surface area (Å²) in [5, 5.41) is 4.22. The number of sulfonamides is 1. The van der Waals surface area contributed by atoms with Crippen molar-refractivity contribution in [3.63, 3.8) is 0 Å². The average Bonchev–Trinajstić information content (AvgIpc) is 3.46. The van der Waals surface area contributed by atoms with E-state index >= 15 is 0 Å². The molecule has 0 aromatic carbocycles. The minimum absolute atomic E-state index is 0.258. The molecule has 6 aliphatic carbocycles. The van der Waals surface area contributed by atoms with Crippen molar-refractivity contribution in [1.82, 2.24) is 14.9 Å². The van der Waals surface area contributed by atoms with Crippen LogP contribution in [0.25, 0.3) is 0 Å². The average molecular weight is 702 g/mol. The summed E-state index contributed by atoms with van der Waals surface area (Å²) in [6, 6.07) is 0. The van der Waals surface area contributed by atoms with E-state index in [1.54, 1.807) is 0 Å². The van der Waals surface area contributed by atoms with Gasteiger partial charge in [0, 0.05) is 59.9 Å². The SMILES string of the molecule is CC1C(C2=CCC(C(=O)NS(C)(=O)=O)CC2)=CCC2(C)C1CCC1(C)C2CCC2[C@H]3CCCC3(NCCN3CCS(=O)CC3)CC[C@]21C. The molecule has 8 unspecified atom stereocenters. The quantitative estimate of drug-likeness (QED) is 0.329.